The standard InChI is InChI=1S/C16H15F3N2O3S/c1-25(23,24)21(9-11-2-4-12(17)5-3-11)10-16(22)20-13-6-7-14(18)15(19)8-13/h2-8H,9-10H2,1H3,(H,20,22). The van der Waals surface area contributed by atoms with E-state index in [9.17, 15) is 26.4 Å². The zero-order valence-electron chi connectivity index (χ0n) is 13.2. The number of nitrogens with zero attached hydrogens (tertiary/aromatic N) is 1. The molecule has 5 nitrogen and oxygen atoms in total. The van der Waals surface area contributed by atoms with Crippen molar-refractivity contribution in [2.45, 2.75) is 6.54 Å². The van der Waals surface area contributed by atoms with Crippen LogP contribution in [0.2, 0.25) is 0 Å². The molecule has 0 aliphatic carbocycles. The number of carbonyl (C=O) groups is 1. The van der Waals surface area contributed by atoms with Crippen molar-refractivity contribution in [3.05, 3.63) is 65.5 Å². The van der Waals surface area contributed by atoms with Gasteiger partial charge in [-0.25, -0.2) is 21.6 Å². The molecule has 134 valence electrons. The van der Waals surface area contributed by atoms with Crippen molar-refractivity contribution in [2.75, 3.05) is 18.1 Å². The van der Waals surface area contributed by atoms with E-state index in [1.54, 1.807) is 0 Å². The second-order valence-corrected chi connectivity index (χ2v) is 7.32. The minimum Gasteiger partial charge on any atom is -0.325 e. The highest BCUT2D eigenvalue weighted by molar-refractivity contribution is 7.88. The quantitative estimate of drug-likeness (QED) is 0.847. The molecule has 0 radical (unpaired) electrons. The van der Waals surface area contributed by atoms with Crippen LogP contribution in [-0.4, -0.2) is 31.4 Å². The Hall–Kier alpha value is -2.39. The van der Waals surface area contributed by atoms with Gasteiger partial charge in [-0.1, -0.05) is 12.1 Å². The van der Waals surface area contributed by atoms with E-state index in [1.807, 2.05) is 0 Å². The van der Waals surface area contributed by atoms with Crippen molar-refractivity contribution in [1.82, 2.24) is 4.31 Å². The number of hydrogen-bond acceptors (Lipinski definition) is 3. The molecule has 0 atom stereocenters. The summed E-state index contributed by atoms with van der Waals surface area (Å²) in [5.74, 6) is -3.39. The molecule has 2 rings (SSSR count). The lowest BCUT2D eigenvalue weighted by molar-refractivity contribution is -0.116. The van der Waals surface area contributed by atoms with Gasteiger partial charge in [0, 0.05) is 18.3 Å². The average molecular weight is 372 g/mol. The monoisotopic (exact) mass is 372 g/mol. The predicted molar refractivity (Wildman–Crippen MR) is 86.6 cm³/mol. The Labute approximate surface area is 143 Å². The van der Waals surface area contributed by atoms with Crippen LogP contribution in [-0.2, 0) is 21.4 Å². The van der Waals surface area contributed by atoms with E-state index >= 15 is 0 Å². The lowest BCUT2D eigenvalue weighted by atomic mass is 10.2. The molecule has 0 bridgehead atoms. The highest BCUT2D eigenvalue weighted by Crippen LogP contribution is 2.14. The highest BCUT2D eigenvalue weighted by atomic mass is 32.2. The third kappa shape index (κ3) is 5.57. The van der Waals surface area contributed by atoms with Crippen molar-refractivity contribution in [2.24, 2.45) is 0 Å². The highest BCUT2D eigenvalue weighted by Gasteiger charge is 2.21. The summed E-state index contributed by atoms with van der Waals surface area (Å²) >= 11 is 0. The smallest absolute Gasteiger partial charge is 0.239 e. The van der Waals surface area contributed by atoms with Gasteiger partial charge in [-0.15, -0.1) is 0 Å². The third-order valence-corrected chi connectivity index (χ3v) is 4.46. The lowest BCUT2D eigenvalue weighted by Gasteiger charge is -2.19. The number of amides is 1. The van der Waals surface area contributed by atoms with E-state index in [0.29, 0.717) is 5.56 Å². The zero-order valence-corrected chi connectivity index (χ0v) is 14.0. The van der Waals surface area contributed by atoms with Crippen LogP contribution in [0.15, 0.2) is 42.5 Å². The van der Waals surface area contributed by atoms with Crippen molar-refractivity contribution >= 4 is 21.6 Å². The van der Waals surface area contributed by atoms with Crippen LogP contribution in [0.3, 0.4) is 0 Å². The Morgan fingerprint density at radius 2 is 1.68 bits per heavy atom. The average Bonchev–Trinajstić information content (AvgIpc) is 2.51. The summed E-state index contributed by atoms with van der Waals surface area (Å²) in [4.78, 5) is 12.0. The summed E-state index contributed by atoms with van der Waals surface area (Å²) in [5, 5.41) is 2.30. The fourth-order valence-corrected chi connectivity index (χ4v) is 2.75. The van der Waals surface area contributed by atoms with Crippen LogP contribution in [0.25, 0.3) is 0 Å². The van der Waals surface area contributed by atoms with Gasteiger partial charge in [0.25, 0.3) is 0 Å². The first-order valence-electron chi connectivity index (χ1n) is 7.09. The molecule has 1 amide bonds. The molecule has 0 aromatic heterocycles. The van der Waals surface area contributed by atoms with Crippen LogP contribution in [0.4, 0.5) is 18.9 Å². The Bertz CT molecular complexity index is 871. The second kappa shape index (κ2) is 7.66. The van der Waals surface area contributed by atoms with Gasteiger partial charge in [-0.3, -0.25) is 4.79 Å². The molecule has 0 saturated heterocycles. The maximum atomic E-state index is 13.1. The summed E-state index contributed by atoms with van der Waals surface area (Å²) in [6, 6.07) is 7.95. The normalized spacial score (nSPS) is 11.6. The number of rotatable bonds is 6. The van der Waals surface area contributed by atoms with Crippen molar-refractivity contribution in [1.29, 1.82) is 0 Å². The summed E-state index contributed by atoms with van der Waals surface area (Å²) in [7, 11) is -3.73. The summed E-state index contributed by atoms with van der Waals surface area (Å²) in [5.41, 5.74) is 0.492. The van der Waals surface area contributed by atoms with E-state index in [-0.39, 0.29) is 12.2 Å². The number of carbonyl (C=O) groups excluding carboxylic acids is 1. The van der Waals surface area contributed by atoms with E-state index in [1.165, 1.54) is 24.3 Å². The van der Waals surface area contributed by atoms with Crippen LogP contribution in [0.5, 0.6) is 0 Å². The van der Waals surface area contributed by atoms with E-state index in [2.05, 4.69) is 5.32 Å². The SMILES string of the molecule is CS(=O)(=O)N(CC(=O)Nc1ccc(F)c(F)c1)Cc1ccc(F)cc1. The van der Waals surface area contributed by atoms with Crippen LogP contribution in [0, 0.1) is 17.5 Å². The van der Waals surface area contributed by atoms with Crippen LogP contribution < -0.4 is 5.32 Å². The van der Waals surface area contributed by atoms with Gasteiger partial charge < -0.3 is 5.32 Å². The minimum atomic E-state index is -3.73. The molecule has 2 aromatic rings. The molecule has 0 spiro atoms. The number of hydrogen-bond donors (Lipinski definition) is 1. The van der Waals surface area contributed by atoms with Crippen molar-refractivity contribution < 1.29 is 26.4 Å². The van der Waals surface area contributed by atoms with E-state index in [4.69, 9.17) is 0 Å². The Balaban J connectivity index is 2.09. The predicted octanol–water partition coefficient (Wildman–Crippen LogP) is 2.50. The molecule has 0 aliphatic rings. The van der Waals surface area contributed by atoms with Gasteiger partial charge >= 0.3 is 0 Å². The number of benzene rings is 2. The Morgan fingerprint density at radius 3 is 2.24 bits per heavy atom. The molecule has 0 unspecified atom stereocenters. The summed E-state index contributed by atoms with van der Waals surface area (Å²) < 4.78 is 63.5. The van der Waals surface area contributed by atoms with Gasteiger partial charge in [-0.05, 0) is 29.8 Å². The largest absolute Gasteiger partial charge is 0.325 e. The first-order valence-corrected chi connectivity index (χ1v) is 8.94. The summed E-state index contributed by atoms with van der Waals surface area (Å²) in [6.45, 7) is -0.667. The molecule has 2 aromatic carbocycles. The van der Waals surface area contributed by atoms with Gasteiger partial charge in [0.2, 0.25) is 15.9 Å². The van der Waals surface area contributed by atoms with Gasteiger partial charge in [0.15, 0.2) is 11.6 Å². The first-order chi connectivity index (χ1) is 11.6. The number of sulfonamides is 1. The van der Waals surface area contributed by atoms with E-state index < -0.39 is 39.9 Å². The van der Waals surface area contributed by atoms with E-state index in [0.717, 1.165) is 28.8 Å². The van der Waals surface area contributed by atoms with Crippen molar-refractivity contribution in [3.8, 4) is 0 Å². The maximum absolute atomic E-state index is 13.1. The minimum absolute atomic E-state index is 0.000803. The molecular formula is C16H15F3N2O3S. The Morgan fingerprint density at radius 1 is 1.04 bits per heavy atom. The summed E-state index contributed by atoms with van der Waals surface area (Å²) in [6.07, 6.45) is 0.932. The molecule has 0 fully saturated rings. The molecular weight excluding hydrogens is 357 g/mol. The molecule has 0 heterocycles. The Kier molecular flexibility index (Phi) is 5.81. The molecule has 9 heteroatoms. The number of nitrogens with one attached hydrogen (secondary N) is 1. The number of anilines is 1. The third-order valence-electron chi connectivity index (χ3n) is 3.26. The van der Waals surface area contributed by atoms with Gasteiger partial charge in [0.1, 0.15) is 5.82 Å². The van der Waals surface area contributed by atoms with Crippen LogP contribution in [0.1, 0.15) is 5.56 Å². The molecule has 1 N–H and O–H groups in total. The van der Waals surface area contributed by atoms with Crippen molar-refractivity contribution in [3.63, 3.8) is 0 Å². The first kappa shape index (κ1) is 18.9. The topological polar surface area (TPSA) is 66.5 Å². The fourth-order valence-electron chi connectivity index (χ4n) is 2.02. The molecule has 0 saturated carbocycles. The lowest BCUT2D eigenvalue weighted by Crippen LogP contribution is -2.36. The maximum Gasteiger partial charge on any atom is 0.239 e. The van der Waals surface area contributed by atoms with Gasteiger partial charge in [0.05, 0.1) is 12.8 Å². The second-order valence-electron chi connectivity index (χ2n) is 5.33. The van der Waals surface area contributed by atoms with Gasteiger partial charge in [-0.2, -0.15) is 4.31 Å². The molecule has 0 aliphatic heterocycles. The fraction of sp³-hybridized carbons (Fsp3) is 0.188. The number of halogens is 3. The molecule has 25 heavy (non-hydrogen) atoms. The van der Waals surface area contributed by atoms with Crippen LogP contribution >= 0.6 is 0 Å². The zero-order chi connectivity index (χ0) is 18.6.